The number of carbonyl (C=O) groups is 1. The third kappa shape index (κ3) is 6.00. The van der Waals surface area contributed by atoms with Crippen molar-refractivity contribution in [2.75, 3.05) is 11.9 Å². The number of nitrogens with zero attached hydrogens (tertiary/aromatic N) is 2. The topological polar surface area (TPSA) is 101 Å². The normalized spacial score (nSPS) is 11.5. The molecule has 0 bridgehead atoms. The van der Waals surface area contributed by atoms with Crippen molar-refractivity contribution in [3.8, 4) is 0 Å². The number of nitrogens with one attached hydrogen (secondary N) is 2. The quantitative estimate of drug-likeness (QED) is 0.361. The minimum absolute atomic E-state index is 0.0198. The van der Waals surface area contributed by atoms with Crippen molar-refractivity contribution in [3.63, 3.8) is 0 Å². The molecule has 1 amide bonds. The second-order valence-electron chi connectivity index (χ2n) is 5.37. The first-order valence-electron chi connectivity index (χ1n) is 7.97. The van der Waals surface area contributed by atoms with Gasteiger partial charge in [0.05, 0.1) is 5.02 Å². The maximum atomic E-state index is 12.2. The Morgan fingerprint density at radius 2 is 2.00 bits per heavy atom. The van der Waals surface area contributed by atoms with E-state index >= 15 is 0 Å². The number of hydrogen-bond donors (Lipinski definition) is 2. The van der Waals surface area contributed by atoms with E-state index in [1.807, 2.05) is 17.5 Å². The van der Waals surface area contributed by atoms with E-state index in [0.717, 1.165) is 10.1 Å². The maximum Gasteiger partial charge on any atom is 0.242 e. The lowest BCUT2D eigenvalue weighted by Gasteiger charge is -2.07. The molecule has 2 heterocycles. The van der Waals surface area contributed by atoms with Crippen molar-refractivity contribution in [2.45, 2.75) is 21.4 Å². The number of thiophene rings is 1. The van der Waals surface area contributed by atoms with Gasteiger partial charge >= 0.3 is 0 Å². The van der Waals surface area contributed by atoms with Crippen LogP contribution in [0.1, 0.15) is 11.3 Å². The summed E-state index contributed by atoms with van der Waals surface area (Å²) in [5.41, 5.74) is 0. The summed E-state index contributed by atoms with van der Waals surface area (Å²) >= 11 is 10.4. The molecule has 7 nitrogen and oxygen atoms in total. The molecule has 0 fully saturated rings. The fourth-order valence-electron chi connectivity index (χ4n) is 2.07. The van der Waals surface area contributed by atoms with Gasteiger partial charge in [-0.1, -0.05) is 52.9 Å². The summed E-state index contributed by atoms with van der Waals surface area (Å²) in [6, 6.07) is 10.2. The first-order valence-corrected chi connectivity index (χ1v) is 12.5. The highest BCUT2D eigenvalue weighted by Crippen LogP contribution is 2.29. The molecule has 148 valence electrons. The molecule has 0 atom stereocenters. The molecular weight excluding hydrogens is 460 g/mol. The van der Waals surface area contributed by atoms with Crippen LogP contribution in [-0.2, 0) is 20.6 Å². The summed E-state index contributed by atoms with van der Waals surface area (Å²) in [5, 5.41) is 13.1. The van der Waals surface area contributed by atoms with Gasteiger partial charge in [-0.05, 0) is 23.6 Å². The summed E-state index contributed by atoms with van der Waals surface area (Å²) in [6.45, 7) is -0.0574. The van der Waals surface area contributed by atoms with Crippen LogP contribution in [0.3, 0.4) is 0 Å². The van der Waals surface area contributed by atoms with E-state index in [1.165, 1.54) is 28.3 Å². The number of rotatable bonds is 9. The highest BCUT2D eigenvalue weighted by Gasteiger charge is 2.17. The lowest BCUT2D eigenvalue weighted by atomic mass is 10.4. The molecule has 0 spiro atoms. The van der Waals surface area contributed by atoms with Crippen LogP contribution in [0.2, 0.25) is 5.02 Å². The van der Waals surface area contributed by atoms with Crippen molar-refractivity contribution in [2.24, 2.45) is 0 Å². The number of sulfonamides is 1. The highest BCUT2D eigenvalue weighted by atomic mass is 35.5. The van der Waals surface area contributed by atoms with E-state index in [9.17, 15) is 13.2 Å². The van der Waals surface area contributed by atoms with Gasteiger partial charge in [-0.15, -0.1) is 21.5 Å². The molecule has 1 aromatic carbocycles. The first-order chi connectivity index (χ1) is 13.4. The molecule has 0 unspecified atom stereocenters. The molecule has 2 aromatic heterocycles. The molecule has 0 aliphatic rings. The Labute approximate surface area is 179 Å². The van der Waals surface area contributed by atoms with Crippen LogP contribution in [0, 0.1) is 0 Å². The van der Waals surface area contributed by atoms with E-state index in [2.05, 4.69) is 20.2 Å². The summed E-state index contributed by atoms with van der Waals surface area (Å²) in [6.07, 6.45) is -0.0407. The molecule has 0 radical (unpaired) electrons. The lowest BCUT2D eigenvalue weighted by molar-refractivity contribution is -0.116. The molecule has 0 saturated heterocycles. The van der Waals surface area contributed by atoms with Crippen LogP contribution < -0.4 is 10.0 Å². The summed E-state index contributed by atoms with van der Waals surface area (Å²) in [5.74, 6) is 0.442. The molecule has 0 aliphatic heterocycles. The van der Waals surface area contributed by atoms with Crippen molar-refractivity contribution in [3.05, 3.63) is 51.7 Å². The Hall–Kier alpha value is -1.50. The second-order valence-corrected chi connectivity index (χ2v) is 10.7. The smallest absolute Gasteiger partial charge is 0.242 e. The van der Waals surface area contributed by atoms with Crippen molar-refractivity contribution in [1.82, 2.24) is 14.9 Å². The third-order valence-electron chi connectivity index (χ3n) is 3.34. The van der Waals surface area contributed by atoms with E-state index in [1.54, 1.807) is 35.2 Å². The van der Waals surface area contributed by atoms with Gasteiger partial charge in [-0.2, -0.15) is 0 Å². The molecular formula is C16H15ClN4O3S4. The average molecular weight is 475 g/mol. The van der Waals surface area contributed by atoms with Crippen LogP contribution in [-0.4, -0.2) is 31.1 Å². The number of aromatic nitrogens is 2. The van der Waals surface area contributed by atoms with Crippen LogP contribution in [0.5, 0.6) is 0 Å². The summed E-state index contributed by atoms with van der Waals surface area (Å²) in [4.78, 5) is 13.2. The Balaban J connectivity index is 1.45. The molecule has 12 heteroatoms. The second kappa shape index (κ2) is 9.81. The molecule has 2 N–H and O–H groups in total. The van der Waals surface area contributed by atoms with E-state index in [0.29, 0.717) is 5.13 Å². The van der Waals surface area contributed by atoms with Gasteiger partial charge in [-0.3, -0.25) is 4.79 Å². The number of hydrogen-bond acceptors (Lipinski definition) is 8. The van der Waals surface area contributed by atoms with Gasteiger partial charge in [0.25, 0.3) is 0 Å². The predicted molar refractivity (Wildman–Crippen MR) is 114 cm³/mol. The predicted octanol–water partition coefficient (Wildman–Crippen LogP) is 3.85. The van der Waals surface area contributed by atoms with Crippen molar-refractivity contribution in [1.29, 1.82) is 0 Å². The molecule has 3 rings (SSSR count). The Morgan fingerprint density at radius 1 is 1.18 bits per heavy atom. The third-order valence-corrected chi connectivity index (χ3v) is 8.38. The Morgan fingerprint density at radius 3 is 2.75 bits per heavy atom. The first kappa shape index (κ1) is 21.2. The highest BCUT2D eigenvalue weighted by molar-refractivity contribution is 8.00. The van der Waals surface area contributed by atoms with Gasteiger partial charge in [-0.25, -0.2) is 13.1 Å². The monoisotopic (exact) mass is 474 g/mol. The maximum absolute atomic E-state index is 12.2. The Kier molecular flexibility index (Phi) is 7.43. The van der Waals surface area contributed by atoms with Gasteiger partial charge in [0.15, 0.2) is 4.34 Å². The van der Waals surface area contributed by atoms with Crippen molar-refractivity contribution < 1.29 is 13.2 Å². The van der Waals surface area contributed by atoms with Crippen LogP contribution in [0.15, 0.2) is 51.0 Å². The minimum atomic E-state index is -3.77. The molecule has 3 aromatic rings. The summed E-state index contributed by atoms with van der Waals surface area (Å²) in [7, 11) is -3.77. The number of anilines is 1. The van der Waals surface area contributed by atoms with E-state index in [-0.39, 0.29) is 28.8 Å². The number of benzene rings is 1. The largest absolute Gasteiger partial charge is 0.300 e. The zero-order chi connectivity index (χ0) is 20.0. The van der Waals surface area contributed by atoms with Gasteiger partial charge in [0.1, 0.15) is 4.90 Å². The number of thioether (sulfide) groups is 1. The SMILES string of the molecule is O=C(CCNS(=O)(=O)c1ccccc1Cl)Nc1nnc(SCc2cccs2)s1. The fraction of sp³-hybridized carbons (Fsp3) is 0.188. The lowest BCUT2D eigenvalue weighted by Crippen LogP contribution is -2.28. The molecule has 0 aliphatic carbocycles. The average Bonchev–Trinajstić information content (AvgIpc) is 3.31. The minimum Gasteiger partial charge on any atom is -0.300 e. The molecule has 0 saturated carbocycles. The zero-order valence-corrected chi connectivity index (χ0v) is 18.3. The van der Waals surface area contributed by atoms with Crippen LogP contribution in [0.4, 0.5) is 5.13 Å². The van der Waals surface area contributed by atoms with Gasteiger partial charge < -0.3 is 5.32 Å². The molecule has 28 heavy (non-hydrogen) atoms. The van der Waals surface area contributed by atoms with Crippen molar-refractivity contribution >= 4 is 67.1 Å². The van der Waals surface area contributed by atoms with Gasteiger partial charge in [0, 0.05) is 23.6 Å². The van der Waals surface area contributed by atoms with E-state index in [4.69, 9.17) is 11.6 Å². The van der Waals surface area contributed by atoms with Crippen LogP contribution >= 0.6 is 46.0 Å². The fourth-order valence-corrected chi connectivity index (χ4v) is 6.16. The summed E-state index contributed by atoms with van der Waals surface area (Å²) < 4.78 is 27.6. The number of carbonyl (C=O) groups excluding carboxylic acids is 1. The van der Waals surface area contributed by atoms with Gasteiger partial charge in [0.2, 0.25) is 21.1 Å². The standard InChI is InChI=1S/C16H15ClN4O3S4/c17-12-5-1-2-6-13(12)28(23,24)18-8-7-14(22)19-15-20-21-16(27-15)26-10-11-4-3-9-25-11/h1-6,9,18H,7-8,10H2,(H,19,20,22). The van der Waals surface area contributed by atoms with E-state index < -0.39 is 10.0 Å². The number of halogens is 1. The number of amides is 1. The zero-order valence-electron chi connectivity index (χ0n) is 14.3. The Bertz CT molecular complexity index is 1040. The van der Waals surface area contributed by atoms with Crippen LogP contribution in [0.25, 0.3) is 0 Å².